The number of urea groups is 1. The lowest BCUT2D eigenvalue weighted by atomic mass is 10.1. The fourth-order valence-electron chi connectivity index (χ4n) is 3.13. The Morgan fingerprint density at radius 2 is 2.15 bits per heavy atom. The van der Waals surface area contributed by atoms with E-state index in [1.165, 1.54) is 12.8 Å². The summed E-state index contributed by atoms with van der Waals surface area (Å²) in [5, 5.41) is 10.4. The molecule has 140 valence electrons. The predicted molar refractivity (Wildman–Crippen MR) is 103 cm³/mol. The smallest absolute Gasteiger partial charge is 0.318 e. The van der Waals surface area contributed by atoms with Gasteiger partial charge in [-0.25, -0.2) is 9.78 Å². The van der Waals surface area contributed by atoms with Crippen LogP contribution in [-0.2, 0) is 6.54 Å². The highest BCUT2D eigenvalue weighted by atomic mass is 16.2. The number of carbonyl (C=O) groups excluding carboxylic acids is 1. The van der Waals surface area contributed by atoms with E-state index in [1.54, 1.807) is 11.9 Å². The van der Waals surface area contributed by atoms with Gasteiger partial charge in [-0.05, 0) is 25.8 Å². The standard InChI is InChI=1S/C20H24N6O/c1-14(18-10-19(24-23-18)15-6-4-3-5-7-15)25(2)20(27)22-12-17-11-21-13-26(17)16-8-9-16/h3-7,10-11,13-14,16H,8-9,12H2,1-2H3,(H,22,27)(H,23,24)/t14-/m0/s1. The number of aromatic amines is 1. The zero-order valence-corrected chi connectivity index (χ0v) is 15.6. The summed E-state index contributed by atoms with van der Waals surface area (Å²) in [6, 6.07) is 12.3. The van der Waals surface area contributed by atoms with Gasteiger partial charge in [-0.3, -0.25) is 5.10 Å². The molecular formula is C20H24N6O. The number of hydrogen-bond acceptors (Lipinski definition) is 3. The second-order valence-corrected chi connectivity index (χ2v) is 7.04. The number of aromatic nitrogens is 4. The molecule has 2 amide bonds. The Morgan fingerprint density at radius 1 is 1.37 bits per heavy atom. The molecule has 0 aliphatic heterocycles. The first-order valence-corrected chi connectivity index (χ1v) is 9.25. The van der Waals surface area contributed by atoms with Gasteiger partial charge >= 0.3 is 6.03 Å². The number of hydrogen-bond donors (Lipinski definition) is 2. The van der Waals surface area contributed by atoms with E-state index in [0.717, 1.165) is 22.6 Å². The third-order valence-electron chi connectivity index (χ3n) is 5.13. The van der Waals surface area contributed by atoms with Crippen molar-refractivity contribution in [2.24, 2.45) is 0 Å². The Balaban J connectivity index is 1.38. The summed E-state index contributed by atoms with van der Waals surface area (Å²) in [6.45, 7) is 2.46. The molecule has 7 heteroatoms. The summed E-state index contributed by atoms with van der Waals surface area (Å²) in [7, 11) is 1.79. The monoisotopic (exact) mass is 364 g/mol. The van der Waals surface area contributed by atoms with E-state index in [9.17, 15) is 4.79 Å². The van der Waals surface area contributed by atoms with Crippen LogP contribution in [0.4, 0.5) is 4.79 Å². The number of H-pyrrole nitrogens is 1. The van der Waals surface area contributed by atoms with Crippen molar-refractivity contribution in [1.29, 1.82) is 0 Å². The number of rotatable bonds is 6. The minimum Gasteiger partial charge on any atom is -0.332 e. The van der Waals surface area contributed by atoms with Gasteiger partial charge in [0, 0.05) is 24.8 Å². The van der Waals surface area contributed by atoms with Crippen LogP contribution in [0.1, 0.15) is 43.2 Å². The maximum absolute atomic E-state index is 12.6. The van der Waals surface area contributed by atoms with E-state index < -0.39 is 0 Å². The van der Waals surface area contributed by atoms with Crippen LogP contribution in [0.2, 0.25) is 0 Å². The molecule has 0 unspecified atom stereocenters. The van der Waals surface area contributed by atoms with E-state index in [4.69, 9.17) is 0 Å². The van der Waals surface area contributed by atoms with Crippen LogP contribution in [0, 0.1) is 0 Å². The molecule has 2 heterocycles. The third-order valence-corrected chi connectivity index (χ3v) is 5.13. The SMILES string of the molecule is C[C@@H](c1cc(-c2ccccc2)n[nH]1)N(C)C(=O)NCc1cncn1C1CC1. The Morgan fingerprint density at radius 3 is 2.89 bits per heavy atom. The number of amides is 2. The van der Waals surface area contributed by atoms with Crippen molar-refractivity contribution in [3.8, 4) is 11.3 Å². The molecule has 0 spiro atoms. The molecule has 1 saturated carbocycles. The molecule has 7 nitrogen and oxygen atoms in total. The van der Waals surface area contributed by atoms with Crippen LogP contribution in [0.25, 0.3) is 11.3 Å². The zero-order chi connectivity index (χ0) is 18.8. The zero-order valence-electron chi connectivity index (χ0n) is 15.6. The van der Waals surface area contributed by atoms with Crippen LogP contribution in [0.5, 0.6) is 0 Å². The lowest BCUT2D eigenvalue weighted by Gasteiger charge is -2.24. The van der Waals surface area contributed by atoms with Crippen molar-refractivity contribution in [2.45, 2.75) is 38.4 Å². The highest BCUT2D eigenvalue weighted by Crippen LogP contribution is 2.35. The van der Waals surface area contributed by atoms with E-state index >= 15 is 0 Å². The van der Waals surface area contributed by atoms with Crippen LogP contribution >= 0.6 is 0 Å². The maximum Gasteiger partial charge on any atom is 0.318 e. The highest BCUT2D eigenvalue weighted by molar-refractivity contribution is 5.74. The lowest BCUT2D eigenvalue weighted by molar-refractivity contribution is 0.192. The molecular weight excluding hydrogens is 340 g/mol. The van der Waals surface area contributed by atoms with Crippen LogP contribution in [0.15, 0.2) is 48.9 Å². The summed E-state index contributed by atoms with van der Waals surface area (Å²) in [6.07, 6.45) is 6.06. The summed E-state index contributed by atoms with van der Waals surface area (Å²) in [4.78, 5) is 18.5. The first-order valence-electron chi connectivity index (χ1n) is 9.25. The van der Waals surface area contributed by atoms with E-state index in [2.05, 4.69) is 25.1 Å². The van der Waals surface area contributed by atoms with Crippen molar-refractivity contribution in [3.05, 3.63) is 60.3 Å². The molecule has 0 saturated heterocycles. The number of nitrogens with zero attached hydrogens (tertiary/aromatic N) is 4. The Labute approximate surface area is 158 Å². The molecule has 1 atom stereocenters. The fraction of sp³-hybridized carbons (Fsp3) is 0.350. The third kappa shape index (κ3) is 3.72. The predicted octanol–water partition coefficient (Wildman–Crippen LogP) is 3.51. The topological polar surface area (TPSA) is 78.8 Å². The molecule has 0 radical (unpaired) electrons. The minimum atomic E-state index is -0.123. The van der Waals surface area contributed by atoms with Crippen molar-refractivity contribution in [2.75, 3.05) is 7.05 Å². The number of benzene rings is 1. The van der Waals surface area contributed by atoms with Gasteiger partial charge in [0.2, 0.25) is 0 Å². The largest absolute Gasteiger partial charge is 0.332 e. The molecule has 3 aromatic rings. The van der Waals surface area contributed by atoms with Crippen molar-refractivity contribution >= 4 is 6.03 Å². The Kier molecular flexibility index (Phi) is 4.66. The highest BCUT2D eigenvalue weighted by Gasteiger charge is 2.25. The van der Waals surface area contributed by atoms with E-state index in [-0.39, 0.29) is 12.1 Å². The van der Waals surface area contributed by atoms with Crippen molar-refractivity contribution in [3.63, 3.8) is 0 Å². The normalized spacial score (nSPS) is 14.7. The quantitative estimate of drug-likeness (QED) is 0.702. The van der Waals surface area contributed by atoms with Crippen molar-refractivity contribution in [1.82, 2.24) is 30.0 Å². The van der Waals surface area contributed by atoms with E-state index in [1.807, 2.05) is 55.8 Å². The van der Waals surface area contributed by atoms with E-state index in [0.29, 0.717) is 12.6 Å². The molecule has 27 heavy (non-hydrogen) atoms. The second kappa shape index (κ2) is 7.26. The average Bonchev–Trinajstić information content (AvgIpc) is 3.23. The number of nitrogens with one attached hydrogen (secondary N) is 2. The molecule has 0 bridgehead atoms. The molecule has 1 aliphatic carbocycles. The lowest BCUT2D eigenvalue weighted by Crippen LogP contribution is -2.38. The molecule has 1 fully saturated rings. The molecule has 2 aromatic heterocycles. The van der Waals surface area contributed by atoms with Gasteiger partial charge in [0.1, 0.15) is 0 Å². The molecule has 4 rings (SSSR count). The fourth-order valence-corrected chi connectivity index (χ4v) is 3.13. The summed E-state index contributed by atoms with van der Waals surface area (Å²) < 4.78 is 2.16. The van der Waals surface area contributed by atoms with Gasteiger partial charge in [-0.1, -0.05) is 30.3 Å². The number of carbonyl (C=O) groups is 1. The number of imidazole rings is 1. The van der Waals surface area contributed by atoms with Gasteiger partial charge in [-0.2, -0.15) is 5.10 Å². The molecule has 1 aliphatic rings. The summed E-state index contributed by atoms with van der Waals surface area (Å²) >= 11 is 0. The van der Waals surface area contributed by atoms with Crippen LogP contribution in [0.3, 0.4) is 0 Å². The van der Waals surface area contributed by atoms with Gasteiger partial charge in [-0.15, -0.1) is 0 Å². The van der Waals surface area contributed by atoms with Gasteiger partial charge in [0.15, 0.2) is 0 Å². The minimum absolute atomic E-state index is 0.122. The Bertz CT molecular complexity index is 911. The second-order valence-electron chi connectivity index (χ2n) is 7.04. The van der Waals surface area contributed by atoms with Crippen LogP contribution < -0.4 is 5.32 Å². The first-order chi connectivity index (χ1) is 13.1. The maximum atomic E-state index is 12.6. The molecule has 2 N–H and O–H groups in total. The Hall–Kier alpha value is -3.09. The van der Waals surface area contributed by atoms with Gasteiger partial charge in [0.25, 0.3) is 0 Å². The first kappa shape index (κ1) is 17.3. The molecule has 1 aromatic carbocycles. The van der Waals surface area contributed by atoms with Crippen molar-refractivity contribution < 1.29 is 4.79 Å². The van der Waals surface area contributed by atoms with Gasteiger partial charge < -0.3 is 14.8 Å². The summed E-state index contributed by atoms with van der Waals surface area (Å²) in [5.41, 5.74) is 3.86. The summed E-state index contributed by atoms with van der Waals surface area (Å²) in [5.74, 6) is 0. The average molecular weight is 364 g/mol. The van der Waals surface area contributed by atoms with Gasteiger partial charge in [0.05, 0.1) is 36.0 Å². The van der Waals surface area contributed by atoms with Crippen LogP contribution in [-0.4, -0.2) is 37.7 Å².